The summed E-state index contributed by atoms with van der Waals surface area (Å²) in [6.07, 6.45) is 0. The van der Waals surface area contributed by atoms with E-state index in [4.69, 9.17) is 5.11 Å². The molecular weight excluding hydrogens is 242 g/mol. The van der Waals surface area contributed by atoms with Gasteiger partial charge in [0.2, 0.25) is 0 Å². The van der Waals surface area contributed by atoms with Crippen molar-refractivity contribution in [1.82, 2.24) is 0 Å². The Kier molecular flexibility index (Phi) is 3.82. The Labute approximate surface area is 111 Å². The highest BCUT2D eigenvalue weighted by Gasteiger charge is 2.11. The molecule has 19 heavy (non-hydrogen) atoms. The number of phenolic OH excluding ortho intramolecular Hbond substituents is 1. The molecule has 0 unspecified atom stereocenters. The molecular formula is C15H15NO3. The quantitative estimate of drug-likeness (QED) is 0.791. The van der Waals surface area contributed by atoms with Gasteiger partial charge in [-0.3, -0.25) is 4.79 Å². The van der Waals surface area contributed by atoms with E-state index in [2.05, 4.69) is 5.32 Å². The number of amides is 1. The molecule has 0 spiro atoms. The molecule has 0 aliphatic carbocycles. The number of benzene rings is 2. The summed E-state index contributed by atoms with van der Waals surface area (Å²) < 4.78 is 0. The monoisotopic (exact) mass is 257 g/mol. The van der Waals surface area contributed by atoms with Gasteiger partial charge in [-0.1, -0.05) is 18.2 Å². The zero-order chi connectivity index (χ0) is 13.8. The van der Waals surface area contributed by atoms with E-state index in [-0.39, 0.29) is 23.8 Å². The normalized spacial score (nSPS) is 10.2. The molecule has 0 saturated carbocycles. The number of anilines is 1. The van der Waals surface area contributed by atoms with E-state index in [1.807, 2.05) is 6.92 Å². The summed E-state index contributed by atoms with van der Waals surface area (Å²) in [5.41, 5.74) is 2.40. The summed E-state index contributed by atoms with van der Waals surface area (Å²) in [6, 6.07) is 11.8. The minimum atomic E-state index is -0.382. The van der Waals surface area contributed by atoms with Crippen LogP contribution in [0.15, 0.2) is 42.5 Å². The third-order valence-electron chi connectivity index (χ3n) is 2.77. The number of rotatable bonds is 3. The first-order valence-corrected chi connectivity index (χ1v) is 5.91. The fraction of sp³-hybridized carbons (Fsp3) is 0.133. The Morgan fingerprint density at radius 2 is 2.00 bits per heavy atom. The molecule has 0 bridgehead atoms. The lowest BCUT2D eigenvalue weighted by atomic mass is 10.1. The van der Waals surface area contributed by atoms with Gasteiger partial charge in [-0.15, -0.1) is 0 Å². The molecule has 0 heterocycles. The van der Waals surface area contributed by atoms with E-state index in [1.165, 1.54) is 0 Å². The van der Waals surface area contributed by atoms with Gasteiger partial charge < -0.3 is 15.5 Å². The van der Waals surface area contributed by atoms with Gasteiger partial charge in [0.25, 0.3) is 5.91 Å². The number of phenols is 1. The van der Waals surface area contributed by atoms with Gasteiger partial charge in [-0.05, 0) is 42.3 Å². The average molecular weight is 257 g/mol. The lowest BCUT2D eigenvalue weighted by Gasteiger charge is -2.08. The van der Waals surface area contributed by atoms with Crippen LogP contribution in [0.5, 0.6) is 5.75 Å². The lowest BCUT2D eigenvalue weighted by molar-refractivity contribution is 0.102. The Morgan fingerprint density at radius 3 is 2.68 bits per heavy atom. The molecule has 0 radical (unpaired) electrons. The van der Waals surface area contributed by atoms with Crippen LogP contribution in [0.4, 0.5) is 5.69 Å². The molecule has 0 aliphatic rings. The first-order valence-electron chi connectivity index (χ1n) is 5.91. The fourth-order valence-electron chi connectivity index (χ4n) is 1.78. The van der Waals surface area contributed by atoms with Crippen molar-refractivity contribution >= 4 is 11.6 Å². The van der Waals surface area contributed by atoms with Crippen LogP contribution in [0.3, 0.4) is 0 Å². The van der Waals surface area contributed by atoms with Gasteiger partial charge in [0.05, 0.1) is 12.2 Å². The molecule has 0 aromatic heterocycles. The summed E-state index contributed by atoms with van der Waals surface area (Å²) in [5, 5.41) is 21.5. The predicted molar refractivity (Wildman–Crippen MR) is 73.2 cm³/mol. The SMILES string of the molecule is Cc1ccc(C(=O)Nc2cccc(CO)c2)c(O)c1. The second-order valence-corrected chi connectivity index (χ2v) is 4.33. The van der Waals surface area contributed by atoms with Gasteiger partial charge >= 0.3 is 0 Å². The van der Waals surface area contributed by atoms with Crippen molar-refractivity contribution in [3.05, 3.63) is 59.2 Å². The minimum absolute atomic E-state index is 0.0455. The van der Waals surface area contributed by atoms with Gasteiger partial charge in [-0.2, -0.15) is 0 Å². The number of aromatic hydroxyl groups is 1. The van der Waals surface area contributed by atoms with Gasteiger partial charge in [-0.25, -0.2) is 0 Å². The van der Waals surface area contributed by atoms with Crippen LogP contribution >= 0.6 is 0 Å². The molecule has 98 valence electrons. The van der Waals surface area contributed by atoms with Crippen LogP contribution in [0.25, 0.3) is 0 Å². The maximum Gasteiger partial charge on any atom is 0.259 e. The Balaban J connectivity index is 2.20. The third kappa shape index (κ3) is 3.11. The van der Waals surface area contributed by atoms with Crippen molar-refractivity contribution < 1.29 is 15.0 Å². The van der Waals surface area contributed by atoms with Crippen LogP contribution in [-0.4, -0.2) is 16.1 Å². The van der Waals surface area contributed by atoms with Crippen LogP contribution < -0.4 is 5.32 Å². The number of nitrogens with one attached hydrogen (secondary N) is 1. The summed E-state index contributed by atoms with van der Waals surface area (Å²) in [5.74, 6) is -0.427. The van der Waals surface area contributed by atoms with Crippen molar-refractivity contribution in [1.29, 1.82) is 0 Å². The highest BCUT2D eigenvalue weighted by atomic mass is 16.3. The first kappa shape index (κ1) is 13.1. The molecule has 1 amide bonds. The highest BCUT2D eigenvalue weighted by molar-refractivity contribution is 6.06. The molecule has 0 aliphatic heterocycles. The third-order valence-corrected chi connectivity index (χ3v) is 2.77. The molecule has 2 rings (SSSR count). The van der Waals surface area contributed by atoms with Gasteiger partial charge in [0.15, 0.2) is 0 Å². The minimum Gasteiger partial charge on any atom is -0.507 e. The van der Waals surface area contributed by atoms with E-state index in [1.54, 1.807) is 42.5 Å². The number of hydrogen-bond acceptors (Lipinski definition) is 3. The smallest absolute Gasteiger partial charge is 0.259 e. The molecule has 0 saturated heterocycles. The zero-order valence-electron chi connectivity index (χ0n) is 10.6. The largest absolute Gasteiger partial charge is 0.507 e. The molecule has 0 atom stereocenters. The average Bonchev–Trinajstić information content (AvgIpc) is 2.38. The second kappa shape index (κ2) is 5.54. The van der Waals surface area contributed by atoms with E-state index >= 15 is 0 Å². The van der Waals surface area contributed by atoms with Crippen molar-refractivity contribution in [3.8, 4) is 5.75 Å². The highest BCUT2D eigenvalue weighted by Crippen LogP contribution is 2.20. The lowest BCUT2D eigenvalue weighted by Crippen LogP contribution is -2.12. The first-order chi connectivity index (χ1) is 9.10. The van der Waals surface area contributed by atoms with Crippen LogP contribution in [0.1, 0.15) is 21.5 Å². The predicted octanol–water partition coefficient (Wildman–Crippen LogP) is 2.45. The molecule has 4 heteroatoms. The Morgan fingerprint density at radius 1 is 1.21 bits per heavy atom. The zero-order valence-corrected chi connectivity index (χ0v) is 10.6. The summed E-state index contributed by atoms with van der Waals surface area (Å²) >= 11 is 0. The Hall–Kier alpha value is -2.33. The number of hydrogen-bond donors (Lipinski definition) is 3. The number of carbonyl (C=O) groups is 1. The van der Waals surface area contributed by atoms with E-state index in [0.29, 0.717) is 11.3 Å². The molecule has 2 aromatic carbocycles. The number of aryl methyl sites for hydroxylation is 1. The van der Waals surface area contributed by atoms with Crippen LogP contribution in [-0.2, 0) is 6.61 Å². The summed E-state index contributed by atoms with van der Waals surface area (Å²) in [4.78, 5) is 12.0. The molecule has 2 aromatic rings. The fourth-order valence-corrected chi connectivity index (χ4v) is 1.78. The Bertz CT molecular complexity index is 608. The summed E-state index contributed by atoms with van der Waals surface area (Å²) in [7, 11) is 0. The van der Waals surface area contributed by atoms with E-state index in [9.17, 15) is 9.90 Å². The number of carbonyl (C=O) groups excluding carboxylic acids is 1. The van der Waals surface area contributed by atoms with Gasteiger partial charge in [0.1, 0.15) is 5.75 Å². The maximum absolute atomic E-state index is 12.0. The van der Waals surface area contributed by atoms with Crippen LogP contribution in [0, 0.1) is 6.92 Å². The number of aliphatic hydroxyl groups excluding tert-OH is 1. The van der Waals surface area contributed by atoms with E-state index in [0.717, 1.165) is 5.56 Å². The van der Waals surface area contributed by atoms with Gasteiger partial charge in [0, 0.05) is 5.69 Å². The van der Waals surface area contributed by atoms with Crippen molar-refractivity contribution in [2.24, 2.45) is 0 Å². The molecule has 4 nitrogen and oxygen atoms in total. The number of aliphatic hydroxyl groups is 1. The van der Waals surface area contributed by atoms with Crippen molar-refractivity contribution in [3.63, 3.8) is 0 Å². The summed E-state index contributed by atoms with van der Waals surface area (Å²) in [6.45, 7) is 1.76. The molecule has 3 N–H and O–H groups in total. The molecule has 0 fully saturated rings. The topological polar surface area (TPSA) is 69.6 Å². The van der Waals surface area contributed by atoms with Crippen molar-refractivity contribution in [2.75, 3.05) is 5.32 Å². The van der Waals surface area contributed by atoms with Crippen LogP contribution in [0.2, 0.25) is 0 Å². The maximum atomic E-state index is 12.0. The standard InChI is InChI=1S/C15H15NO3/c1-10-5-6-13(14(18)7-10)15(19)16-12-4-2-3-11(8-12)9-17/h2-8,17-18H,9H2,1H3,(H,16,19). The van der Waals surface area contributed by atoms with E-state index < -0.39 is 0 Å². The second-order valence-electron chi connectivity index (χ2n) is 4.33. The van der Waals surface area contributed by atoms with Crippen molar-refractivity contribution in [2.45, 2.75) is 13.5 Å².